The van der Waals surface area contributed by atoms with Gasteiger partial charge in [0.1, 0.15) is 12.4 Å². The Labute approximate surface area is 115 Å². The molecule has 2 heterocycles. The Morgan fingerprint density at radius 2 is 2.25 bits per heavy atom. The lowest BCUT2D eigenvalue weighted by Crippen LogP contribution is -2.38. The van der Waals surface area contributed by atoms with Crippen molar-refractivity contribution in [1.29, 1.82) is 0 Å². The molecule has 1 atom stereocenters. The summed E-state index contributed by atoms with van der Waals surface area (Å²) in [6, 6.07) is 1.04. The molecule has 7 heteroatoms. The predicted molar refractivity (Wildman–Crippen MR) is 68.2 cm³/mol. The van der Waals surface area contributed by atoms with Crippen molar-refractivity contribution in [2.24, 2.45) is 5.92 Å². The van der Waals surface area contributed by atoms with E-state index in [0.717, 1.165) is 12.5 Å². The molecule has 1 aromatic rings. The van der Waals surface area contributed by atoms with Gasteiger partial charge >= 0.3 is 5.97 Å². The van der Waals surface area contributed by atoms with E-state index in [2.05, 4.69) is 0 Å². The topological polar surface area (TPSA) is 111 Å². The molecule has 20 heavy (non-hydrogen) atoms. The van der Waals surface area contributed by atoms with Crippen LogP contribution in [0, 0.1) is 5.92 Å². The van der Waals surface area contributed by atoms with E-state index < -0.39 is 29.7 Å². The summed E-state index contributed by atoms with van der Waals surface area (Å²) in [5.74, 6) is -1.63. The van der Waals surface area contributed by atoms with E-state index >= 15 is 0 Å². The molecule has 2 rings (SSSR count). The smallest absolute Gasteiger partial charge is 0.307 e. The minimum atomic E-state index is -0.843. The number of carbonyl (C=O) groups is 1. The summed E-state index contributed by atoms with van der Waals surface area (Å²) in [6.45, 7) is 0.747. The third-order valence-corrected chi connectivity index (χ3v) is 3.42. The average molecular weight is 283 g/mol. The first-order chi connectivity index (χ1) is 9.51. The third-order valence-electron chi connectivity index (χ3n) is 3.42. The van der Waals surface area contributed by atoms with Crippen LogP contribution in [0.3, 0.4) is 0 Å². The fraction of sp³-hybridized carbons (Fsp3) is 0.538. The maximum atomic E-state index is 11.5. The number of aliphatic carboxylic acids is 1. The number of aliphatic hydroxyl groups is 1. The number of carboxylic acid groups (broad SMARTS) is 1. The summed E-state index contributed by atoms with van der Waals surface area (Å²) in [4.78, 5) is 24.3. The highest BCUT2D eigenvalue weighted by atomic mass is 16.4. The first-order valence-electron chi connectivity index (χ1n) is 6.42. The third kappa shape index (κ3) is 3.17. The van der Waals surface area contributed by atoms with E-state index in [1.165, 1.54) is 0 Å². The van der Waals surface area contributed by atoms with Gasteiger partial charge in [-0.25, -0.2) is 0 Å². The molecular weight excluding hydrogens is 266 g/mol. The molecule has 0 radical (unpaired) electrons. The van der Waals surface area contributed by atoms with Crippen molar-refractivity contribution in [3.8, 4) is 5.75 Å². The van der Waals surface area contributed by atoms with Gasteiger partial charge in [0.2, 0.25) is 11.2 Å². The molecule has 7 nitrogen and oxygen atoms in total. The van der Waals surface area contributed by atoms with Crippen molar-refractivity contribution in [2.45, 2.75) is 26.0 Å². The minimum absolute atomic E-state index is 0.0626. The van der Waals surface area contributed by atoms with Gasteiger partial charge in [-0.05, 0) is 19.4 Å². The van der Waals surface area contributed by atoms with Crippen LogP contribution < -0.4 is 5.43 Å². The Kier molecular flexibility index (Phi) is 4.41. The molecule has 110 valence electrons. The predicted octanol–water partition coefficient (Wildman–Crippen LogP) is 0.134. The molecule has 1 fully saturated rings. The van der Waals surface area contributed by atoms with Crippen LogP contribution in [0.4, 0.5) is 0 Å². The van der Waals surface area contributed by atoms with Crippen molar-refractivity contribution in [1.82, 2.24) is 4.90 Å². The van der Waals surface area contributed by atoms with Gasteiger partial charge in [-0.1, -0.05) is 0 Å². The summed E-state index contributed by atoms with van der Waals surface area (Å²) in [6.07, 6.45) is 1.36. The van der Waals surface area contributed by atoms with E-state index in [4.69, 9.17) is 14.6 Å². The van der Waals surface area contributed by atoms with Gasteiger partial charge in [-0.2, -0.15) is 0 Å². The van der Waals surface area contributed by atoms with Crippen molar-refractivity contribution < 1.29 is 24.5 Å². The Balaban J connectivity index is 2.15. The van der Waals surface area contributed by atoms with Crippen LogP contribution in [-0.2, 0) is 17.9 Å². The zero-order valence-electron chi connectivity index (χ0n) is 10.9. The summed E-state index contributed by atoms with van der Waals surface area (Å²) in [5.41, 5.74) is -0.609. The molecule has 1 aliphatic heterocycles. The zero-order valence-corrected chi connectivity index (χ0v) is 10.9. The average Bonchev–Trinajstić information content (AvgIpc) is 2.43. The summed E-state index contributed by atoms with van der Waals surface area (Å²) < 4.78 is 5.25. The molecule has 0 aliphatic carbocycles. The largest absolute Gasteiger partial charge is 0.502 e. The standard InChI is InChI=1S/C13H17NO6/c15-7-9-4-10(16)12(17)11(20-9)6-14-3-1-2-8(5-14)13(18)19/h4,8,15,17H,1-3,5-7H2,(H,18,19)/t8-/m0/s1. The molecule has 0 unspecified atom stereocenters. The molecule has 0 spiro atoms. The van der Waals surface area contributed by atoms with Crippen molar-refractivity contribution in [3.05, 3.63) is 27.8 Å². The number of rotatable bonds is 4. The Morgan fingerprint density at radius 3 is 2.90 bits per heavy atom. The number of nitrogens with zero attached hydrogens (tertiary/aromatic N) is 1. The van der Waals surface area contributed by atoms with E-state index in [-0.39, 0.29) is 18.1 Å². The lowest BCUT2D eigenvalue weighted by Gasteiger charge is -2.30. The fourth-order valence-corrected chi connectivity index (χ4v) is 2.38. The lowest BCUT2D eigenvalue weighted by atomic mass is 9.98. The van der Waals surface area contributed by atoms with E-state index in [1.54, 1.807) is 0 Å². The van der Waals surface area contributed by atoms with Crippen molar-refractivity contribution >= 4 is 5.97 Å². The summed E-state index contributed by atoms with van der Waals surface area (Å²) >= 11 is 0. The molecule has 1 aromatic heterocycles. The second kappa shape index (κ2) is 6.06. The molecular formula is C13H17NO6. The number of hydrogen-bond acceptors (Lipinski definition) is 6. The highest BCUT2D eigenvalue weighted by molar-refractivity contribution is 5.70. The van der Waals surface area contributed by atoms with Crippen molar-refractivity contribution in [3.63, 3.8) is 0 Å². The molecule has 0 bridgehead atoms. The first kappa shape index (κ1) is 14.5. The van der Waals surface area contributed by atoms with Gasteiger partial charge in [-0.3, -0.25) is 14.5 Å². The van der Waals surface area contributed by atoms with Crippen LogP contribution in [0.1, 0.15) is 24.4 Å². The van der Waals surface area contributed by atoms with Gasteiger partial charge in [0.15, 0.2) is 5.76 Å². The van der Waals surface area contributed by atoms with Crippen LogP contribution >= 0.6 is 0 Å². The molecule has 0 amide bonds. The number of likely N-dealkylation sites (tertiary alicyclic amines) is 1. The Bertz CT molecular complexity index is 552. The lowest BCUT2D eigenvalue weighted by molar-refractivity contribution is -0.143. The maximum absolute atomic E-state index is 11.5. The Morgan fingerprint density at radius 1 is 1.50 bits per heavy atom. The van der Waals surface area contributed by atoms with Crippen LogP contribution in [0.5, 0.6) is 5.75 Å². The molecule has 0 aromatic carbocycles. The molecule has 1 saturated heterocycles. The Hall–Kier alpha value is -1.86. The minimum Gasteiger partial charge on any atom is -0.502 e. The number of hydrogen-bond donors (Lipinski definition) is 3. The van der Waals surface area contributed by atoms with Crippen LogP contribution in [0.25, 0.3) is 0 Å². The highest BCUT2D eigenvalue weighted by Crippen LogP contribution is 2.22. The SMILES string of the molecule is O=C(O)[C@H]1CCCN(Cc2oc(CO)cc(=O)c2O)C1. The fourth-order valence-electron chi connectivity index (χ4n) is 2.38. The number of aliphatic hydroxyl groups excluding tert-OH is 1. The van der Waals surface area contributed by atoms with E-state index in [9.17, 15) is 14.7 Å². The number of carboxylic acids is 1. The number of piperidine rings is 1. The second-order valence-corrected chi connectivity index (χ2v) is 4.92. The van der Waals surface area contributed by atoms with Gasteiger partial charge < -0.3 is 19.7 Å². The van der Waals surface area contributed by atoms with Crippen molar-refractivity contribution in [2.75, 3.05) is 13.1 Å². The first-order valence-corrected chi connectivity index (χ1v) is 6.42. The maximum Gasteiger partial charge on any atom is 0.307 e. The van der Waals surface area contributed by atoms with Gasteiger partial charge in [0, 0.05) is 12.6 Å². The summed E-state index contributed by atoms with van der Waals surface area (Å²) in [7, 11) is 0. The van der Waals surface area contributed by atoms with Crippen LogP contribution in [-0.4, -0.2) is 39.3 Å². The number of aromatic hydroxyl groups is 1. The molecule has 0 saturated carbocycles. The van der Waals surface area contributed by atoms with E-state index in [0.29, 0.717) is 19.5 Å². The molecule has 3 N–H and O–H groups in total. The van der Waals surface area contributed by atoms with Crippen LogP contribution in [0.15, 0.2) is 15.3 Å². The van der Waals surface area contributed by atoms with Gasteiger partial charge in [0.05, 0.1) is 12.5 Å². The summed E-state index contributed by atoms with van der Waals surface area (Å²) in [5, 5.41) is 27.7. The second-order valence-electron chi connectivity index (χ2n) is 4.92. The highest BCUT2D eigenvalue weighted by Gasteiger charge is 2.26. The van der Waals surface area contributed by atoms with Gasteiger partial charge in [-0.15, -0.1) is 0 Å². The zero-order chi connectivity index (χ0) is 14.7. The quantitative estimate of drug-likeness (QED) is 0.720. The normalized spacial score (nSPS) is 19.9. The monoisotopic (exact) mass is 283 g/mol. The molecule has 1 aliphatic rings. The van der Waals surface area contributed by atoms with E-state index in [1.807, 2.05) is 4.90 Å². The van der Waals surface area contributed by atoms with Crippen LogP contribution in [0.2, 0.25) is 0 Å². The van der Waals surface area contributed by atoms with Gasteiger partial charge in [0.25, 0.3) is 0 Å².